The zero-order valence-electron chi connectivity index (χ0n) is 7.57. The van der Waals surface area contributed by atoms with Crippen molar-refractivity contribution in [2.75, 3.05) is 14.1 Å². The van der Waals surface area contributed by atoms with E-state index in [2.05, 4.69) is 4.74 Å². The molecule has 72 valence electrons. The molecule has 1 rings (SSSR count). The molecule has 13 heavy (non-hydrogen) atoms. The SMILES string of the molecule is CN(C)C(=O)CC1CC(=O)OC1=O. The molecule has 1 saturated heterocycles. The van der Waals surface area contributed by atoms with Gasteiger partial charge in [-0.1, -0.05) is 0 Å². The van der Waals surface area contributed by atoms with Crippen molar-refractivity contribution in [2.24, 2.45) is 5.92 Å². The van der Waals surface area contributed by atoms with Crippen LogP contribution in [-0.2, 0) is 19.1 Å². The molecule has 1 heterocycles. The molecule has 1 aliphatic heterocycles. The summed E-state index contributed by atoms with van der Waals surface area (Å²) in [5.74, 6) is -1.87. The average molecular weight is 185 g/mol. The van der Waals surface area contributed by atoms with Crippen molar-refractivity contribution in [1.29, 1.82) is 0 Å². The van der Waals surface area contributed by atoms with Gasteiger partial charge in [0, 0.05) is 20.5 Å². The van der Waals surface area contributed by atoms with Gasteiger partial charge in [0.25, 0.3) is 0 Å². The smallest absolute Gasteiger partial charge is 0.317 e. The third-order valence-electron chi connectivity index (χ3n) is 1.88. The van der Waals surface area contributed by atoms with Gasteiger partial charge in [0.1, 0.15) is 0 Å². The molecule has 1 aliphatic rings. The first-order chi connectivity index (χ1) is 6.00. The highest BCUT2D eigenvalue weighted by Gasteiger charge is 2.35. The molecule has 0 aromatic carbocycles. The first-order valence-electron chi connectivity index (χ1n) is 3.95. The lowest BCUT2D eigenvalue weighted by molar-refractivity contribution is -0.153. The number of nitrogens with zero attached hydrogens (tertiary/aromatic N) is 1. The monoisotopic (exact) mass is 185 g/mol. The van der Waals surface area contributed by atoms with Crippen LogP contribution in [0.5, 0.6) is 0 Å². The van der Waals surface area contributed by atoms with E-state index in [9.17, 15) is 14.4 Å². The van der Waals surface area contributed by atoms with Crippen molar-refractivity contribution < 1.29 is 19.1 Å². The summed E-state index contributed by atoms with van der Waals surface area (Å²) >= 11 is 0. The van der Waals surface area contributed by atoms with Crippen molar-refractivity contribution >= 4 is 17.8 Å². The van der Waals surface area contributed by atoms with Crippen LogP contribution in [0.1, 0.15) is 12.8 Å². The van der Waals surface area contributed by atoms with Crippen LogP contribution in [0, 0.1) is 5.92 Å². The fraction of sp³-hybridized carbons (Fsp3) is 0.625. The number of cyclic esters (lactones) is 2. The summed E-state index contributed by atoms with van der Waals surface area (Å²) in [6, 6.07) is 0. The van der Waals surface area contributed by atoms with Crippen molar-refractivity contribution in [3.8, 4) is 0 Å². The number of ether oxygens (including phenoxy) is 1. The van der Waals surface area contributed by atoms with Gasteiger partial charge in [-0.15, -0.1) is 0 Å². The number of carbonyl (C=O) groups excluding carboxylic acids is 3. The largest absolute Gasteiger partial charge is 0.393 e. The second-order valence-corrected chi connectivity index (χ2v) is 3.19. The summed E-state index contributed by atoms with van der Waals surface area (Å²) in [7, 11) is 3.20. The van der Waals surface area contributed by atoms with E-state index in [0.717, 1.165) is 0 Å². The lowest BCUT2D eigenvalue weighted by Gasteiger charge is -2.10. The Bertz CT molecular complexity index is 259. The summed E-state index contributed by atoms with van der Waals surface area (Å²) in [6.07, 6.45) is 0.0794. The molecular weight excluding hydrogens is 174 g/mol. The predicted octanol–water partition coefficient (Wildman–Crippen LogP) is -0.446. The van der Waals surface area contributed by atoms with Crippen molar-refractivity contribution in [2.45, 2.75) is 12.8 Å². The summed E-state index contributed by atoms with van der Waals surface area (Å²) < 4.78 is 4.31. The van der Waals surface area contributed by atoms with Crippen LogP contribution < -0.4 is 0 Å². The molecule has 0 bridgehead atoms. The Kier molecular flexibility index (Phi) is 2.65. The third kappa shape index (κ3) is 2.27. The summed E-state index contributed by atoms with van der Waals surface area (Å²) in [5, 5.41) is 0. The minimum Gasteiger partial charge on any atom is -0.393 e. The topological polar surface area (TPSA) is 63.7 Å². The average Bonchev–Trinajstić information content (AvgIpc) is 2.30. The number of amides is 1. The zero-order chi connectivity index (χ0) is 10.0. The van der Waals surface area contributed by atoms with Crippen LogP contribution in [0.3, 0.4) is 0 Å². The van der Waals surface area contributed by atoms with Gasteiger partial charge in [-0.2, -0.15) is 0 Å². The number of hydrogen-bond acceptors (Lipinski definition) is 4. The molecule has 0 spiro atoms. The van der Waals surface area contributed by atoms with Gasteiger partial charge >= 0.3 is 11.9 Å². The van der Waals surface area contributed by atoms with E-state index in [1.807, 2.05) is 0 Å². The molecule has 1 amide bonds. The normalized spacial score (nSPS) is 21.5. The maximum atomic E-state index is 11.2. The predicted molar refractivity (Wildman–Crippen MR) is 42.5 cm³/mol. The third-order valence-corrected chi connectivity index (χ3v) is 1.88. The molecule has 0 aliphatic carbocycles. The molecule has 0 aromatic heterocycles. The first kappa shape index (κ1) is 9.70. The van der Waals surface area contributed by atoms with Gasteiger partial charge in [0.2, 0.25) is 5.91 Å². The van der Waals surface area contributed by atoms with Crippen LogP contribution in [0.15, 0.2) is 0 Å². The molecule has 5 nitrogen and oxygen atoms in total. The van der Waals surface area contributed by atoms with Gasteiger partial charge < -0.3 is 9.64 Å². The Morgan fingerprint density at radius 1 is 1.54 bits per heavy atom. The molecule has 0 saturated carbocycles. The van der Waals surface area contributed by atoms with Gasteiger partial charge in [-0.3, -0.25) is 14.4 Å². The zero-order valence-corrected chi connectivity index (χ0v) is 7.57. The van der Waals surface area contributed by atoms with Crippen LogP contribution in [0.4, 0.5) is 0 Å². The highest BCUT2D eigenvalue weighted by molar-refractivity contribution is 5.96. The summed E-state index contributed by atoms with van der Waals surface area (Å²) in [4.78, 5) is 34.1. The molecule has 0 radical (unpaired) electrons. The van der Waals surface area contributed by atoms with Crippen LogP contribution in [0.2, 0.25) is 0 Å². The van der Waals surface area contributed by atoms with Crippen LogP contribution in [0.25, 0.3) is 0 Å². The summed E-state index contributed by atoms with van der Waals surface area (Å²) in [5.41, 5.74) is 0. The second-order valence-electron chi connectivity index (χ2n) is 3.19. The molecule has 1 atom stereocenters. The highest BCUT2D eigenvalue weighted by atomic mass is 16.6. The number of esters is 2. The maximum absolute atomic E-state index is 11.2. The second kappa shape index (κ2) is 3.55. The molecular formula is C8H11NO4. The maximum Gasteiger partial charge on any atom is 0.317 e. The minimum absolute atomic E-state index is 0.0262. The molecule has 1 unspecified atom stereocenters. The molecule has 5 heteroatoms. The van der Waals surface area contributed by atoms with E-state index in [4.69, 9.17) is 0 Å². The van der Waals surface area contributed by atoms with Gasteiger partial charge in [0.05, 0.1) is 12.3 Å². The Labute approximate surface area is 75.6 Å². The minimum atomic E-state index is -0.583. The lowest BCUT2D eigenvalue weighted by atomic mass is 10.0. The van der Waals surface area contributed by atoms with E-state index >= 15 is 0 Å². The quantitative estimate of drug-likeness (QED) is 0.432. The highest BCUT2D eigenvalue weighted by Crippen LogP contribution is 2.19. The van der Waals surface area contributed by atoms with Crippen molar-refractivity contribution in [1.82, 2.24) is 4.90 Å². The molecule has 0 aromatic rings. The van der Waals surface area contributed by atoms with E-state index in [1.165, 1.54) is 4.90 Å². The van der Waals surface area contributed by atoms with Gasteiger partial charge in [0.15, 0.2) is 0 Å². The lowest BCUT2D eigenvalue weighted by Crippen LogP contribution is -2.25. The van der Waals surface area contributed by atoms with Crippen LogP contribution >= 0.6 is 0 Å². The van der Waals surface area contributed by atoms with E-state index in [-0.39, 0.29) is 18.7 Å². The fourth-order valence-corrected chi connectivity index (χ4v) is 1.07. The molecule has 1 fully saturated rings. The van der Waals surface area contributed by atoms with E-state index in [0.29, 0.717) is 0 Å². The Hall–Kier alpha value is -1.39. The van der Waals surface area contributed by atoms with Crippen molar-refractivity contribution in [3.63, 3.8) is 0 Å². The van der Waals surface area contributed by atoms with Crippen LogP contribution in [-0.4, -0.2) is 36.8 Å². The van der Waals surface area contributed by atoms with Gasteiger partial charge in [-0.25, -0.2) is 0 Å². The Morgan fingerprint density at radius 3 is 2.54 bits per heavy atom. The first-order valence-corrected chi connectivity index (χ1v) is 3.95. The number of carbonyl (C=O) groups is 3. The van der Waals surface area contributed by atoms with Gasteiger partial charge in [-0.05, 0) is 0 Å². The summed E-state index contributed by atoms with van der Waals surface area (Å²) in [6.45, 7) is 0. The standard InChI is InChI=1S/C8H11NO4/c1-9(2)6(10)3-5-4-7(11)13-8(5)12/h5H,3-4H2,1-2H3. The van der Waals surface area contributed by atoms with Crippen molar-refractivity contribution in [3.05, 3.63) is 0 Å². The molecule has 0 N–H and O–H groups in total. The number of hydrogen-bond donors (Lipinski definition) is 0. The fourth-order valence-electron chi connectivity index (χ4n) is 1.07. The Morgan fingerprint density at radius 2 is 2.15 bits per heavy atom. The van der Waals surface area contributed by atoms with E-state index < -0.39 is 17.9 Å². The number of rotatable bonds is 2. The van der Waals surface area contributed by atoms with E-state index in [1.54, 1.807) is 14.1 Å². The Balaban J connectivity index is 2.51.